The monoisotopic (exact) mass is 568 g/mol. The molecule has 4 rings (SSSR count). The summed E-state index contributed by atoms with van der Waals surface area (Å²) in [5, 5.41) is 12.4. The fourth-order valence-corrected chi connectivity index (χ4v) is 4.56. The number of nitrogens with two attached hydrogens (primary N) is 1. The van der Waals surface area contributed by atoms with Crippen molar-refractivity contribution in [1.29, 1.82) is 0 Å². The summed E-state index contributed by atoms with van der Waals surface area (Å²) in [6.07, 6.45) is -4.72. The molecule has 0 aliphatic carbocycles. The lowest BCUT2D eigenvalue weighted by atomic mass is 9.78. The largest absolute Gasteiger partial charge is 0.477 e. The van der Waals surface area contributed by atoms with Gasteiger partial charge >= 0.3 is 12.1 Å². The van der Waals surface area contributed by atoms with Gasteiger partial charge in [0.25, 0.3) is 11.8 Å². The Morgan fingerprint density at radius 1 is 1.02 bits per heavy atom. The van der Waals surface area contributed by atoms with Crippen molar-refractivity contribution in [2.45, 2.75) is 25.1 Å². The predicted molar refractivity (Wildman–Crippen MR) is 142 cm³/mol. The molecule has 0 unspecified atom stereocenters. The Labute approximate surface area is 231 Å². The number of nitrogens with one attached hydrogen (secondary N) is 1. The summed E-state index contributed by atoms with van der Waals surface area (Å²) >= 11 is 0. The quantitative estimate of drug-likeness (QED) is 0.296. The zero-order chi connectivity index (χ0) is 29.9. The third kappa shape index (κ3) is 6.11. The van der Waals surface area contributed by atoms with E-state index in [1.54, 1.807) is 37.3 Å². The molecule has 12 heteroatoms. The van der Waals surface area contributed by atoms with Crippen LogP contribution in [0.2, 0.25) is 0 Å². The second-order valence-corrected chi connectivity index (χ2v) is 9.04. The van der Waals surface area contributed by atoms with Gasteiger partial charge in [-0.1, -0.05) is 36.4 Å². The van der Waals surface area contributed by atoms with Crippen molar-refractivity contribution in [3.05, 3.63) is 113 Å². The molecule has 3 aromatic rings. The van der Waals surface area contributed by atoms with E-state index in [1.807, 2.05) is 0 Å². The molecule has 1 heterocycles. The van der Waals surface area contributed by atoms with Crippen LogP contribution in [0.1, 0.15) is 34.3 Å². The van der Waals surface area contributed by atoms with Gasteiger partial charge in [-0.15, -0.1) is 0 Å². The van der Waals surface area contributed by atoms with Crippen LogP contribution in [0.3, 0.4) is 0 Å². The van der Waals surface area contributed by atoms with Gasteiger partial charge in [-0.2, -0.15) is 13.2 Å². The van der Waals surface area contributed by atoms with Gasteiger partial charge in [0.1, 0.15) is 23.4 Å². The van der Waals surface area contributed by atoms with Crippen molar-refractivity contribution >= 4 is 29.3 Å². The number of likely N-dealkylation sites (tertiary alicyclic amines) is 1. The normalized spacial score (nSPS) is 19.7. The van der Waals surface area contributed by atoms with Crippen molar-refractivity contribution in [2.24, 2.45) is 10.7 Å². The second-order valence-electron chi connectivity index (χ2n) is 9.04. The van der Waals surface area contributed by atoms with Gasteiger partial charge in [0, 0.05) is 23.6 Å². The molecule has 2 atom stereocenters. The van der Waals surface area contributed by atoms with Crippen molar-refractivity contribution in [3.63, 3.8) is 0 Å². The fraction of sp³-hybridized carbons (Fsp3) is 0.172. The number of amides is 2. The number of aliphatic imine (C=N–C) groups is 1. The van der Waals surface area contributed by atoms with Crippen LogP contribution >= 0.6 is 0 Å². The first-order valence-corrected chi connectivity index (χ1v) is 12.3. The van der Waals surface area contributed by atoms with Crippen LogP contribution in [0.5, 0.6) is 0 Å². The number of hydrogen-bond acceptors (Lipinski definition) is 5. The molecule has 41 heavy (non-hydrogen) atoms. The molecule has 0 radical (unpaired) electrons. The van der Waals surface area contributed by atoms with Crippen LogP contribution in [-0.2, 0) is 15.8 Å². The van der Waals surface area contributed by atoms with Crippen molar-refractivity contribution in [1.82, 2.24) is 10.2 Å². The number of rotatable bonds is 6. The highest BCUT2D eigenvalue weighted by molar-refractivity contribution is 6.17. The minimum Gasteiger partial charge on any atom is -0.477 e. The summed E-state index contributed by atoms with van der Waals surface area (Å²) < 4.78 is 53.7. The summed E-state index contributed by atoms with van der Waals surface area (Å²) in [5.74, 6) is -5.29. The van der Waals surface area contributed by atoms with Crippen LogP contribution in [-0.4, -0.2) is 46.2 Å². The van der Waals surface area contributed by atoms with Gasteiger partial charge in [-0.25, -0.2) is 14.2 Å². The Morgan fingerprint density at radius 2 is 1.68 bits per heavy atom. The number of alkyl halides is 3. The molecule has 1 saturated heterocycles. The first-order valence-electron chi connectivity index (χ1n) is 12.3. The number of nitrogens with zero attached hydrogens (tertiary/aromatic N) is 2. The molecule has 2 amide bonds. The molecular formula is C29H24F4N4O4. The number of carbonyl (C=O) groups is 3. The number of carbonyl (C=O) groups excluding carboxylic acids is 2. The Hall–Kier alpha value is -5.00. The average molecular weight is 569 g/mol. The maximum absolute atomic E-state index is 13.9. The molecule has 0 saturated carbocycles. The first-order chi connectivity index (χ1) is 19.4. The molecule has 4 N–H and O–H groups in total. The molecule has 8 nitrogen and oxygen atoms in total. The molecule has 0 spiro atoms. The topological polar surface area (TPSA) is 125 Å². The van der Waals surface area contributed by atoms with Gasteiger partial charge in [-0.05, 0) is 55.0 Å². The smallest absolute Gasteiger partial charge is 0.416 e. The van der Waals surface area contributed by atoms with Gasteiger partial charge in [0.15, 0.2) is 0 Å². The van der Waals surface area contributed by atoms with E-state index in [1.165, 1.54) is 12.1 Å². The van der Waals surface area contributed by atoms with E-state index in [9.17, 15) is 37.1 Å². The standard InChI is InChI=1S/C29H24F4N4O4/c1-2-37-25(35-20-9-4-3-5-10-20)22(23(34)28(40)41)21(16-11-13-19(30)14-12-16)24(27(37)39)36-26(38)17-7-6-8-18(15-17)29(31,32)33/h3-15,21,24H,2,34H2,1H3,(H,36,38)(H,40,41)/b23-22-,35-25?/t21-,24-/m0/s1. The number of piperidine rings is 1. The summed E-state index contributed by atoms with van der Waals surface area (Å²) in [4.78, 5) is 45.0. The lowest BCUT2D eigenvalue weighted by Gasteiger charge is -2.41. The zero-order valence-electron chi connectivity index (χ0n) is 21.5. The van der Waals surface area contributed by atoms with E-state index < -0.39 is 53.0 Å². The van der Waals surface area contributed by atoms with E-state index >= 15 is 0 Å². The van der Waals surface area contributed by atoms with E-state index in [-0.39, 0.29) is 29.1 Å². The highest BCUT2D eigenvalue weighted by Gasteiger charge is 2.47. The number of likely N-dealkylation sites (N-methyl/N-ethyl adjacent to an activating group) is 1. The Kier molecular flexibility index (Phi) is 8.22. The fourth-order valence-electron chi connectivity index (χ4n) is 4.56. The van der Waals surface area contributed by atoms with Gasteiger partial charge < -0.3 is 16.2 Å². The number of amidine groups is 1. The maximum atomic E-state index is 13.9. The summed E-state index contributed by atoms with van der Waals surface area (Å²) in [5.41, 5.74) is 4.39. The van der Waals surface area contributed by atoms with Crippen molar-refractivity contribution in [2.75, 3.05) is 6.54 Å². The van der Waals surface area contributed by atoms with E-state index in [2.05, 4.69) is 10.3 Å². The number of carboxylic acids is 1. The van der Waals surface area contributed by atoms with Gasteiger partial charge in [0.05, 0.1) is 11.3 Å². The number of benzene rings is 3. The Morgan fingerprint density at radius 3 is 2.27 bits per heavy atom. The molecule has 212 valence electrons. The molecular weight excluding hydrogens is 544 g/mol. The Balaban J connectivity index is 1.92. The highest BCUT2D eigenvalue weighted by Crippen LogP contribution is 2.38. The SMILES string of the molecule is CCN1C(=O)[C@@H](NC(=O)c2cccc(C(F)(F)F)c2)[C@@H](c2ccc(F)cc2)/C(=C(/N)C(=O)O)C1=Nc1ccccc1. The highest BCUT2D eigenvalue weighted by atomic mass is 19.4. The number of para-hydroxylation sites is 1. The van der Waals surface area contributed by atoms with E-state index in [0.717, 1.165) is 35.2 Å². The van der Waals surface area contributed by atoms with Crippen LogP contribution in [0, 0.1) is 5.82 Å². The minimum absolute atomic E-state index is 0.0209. The third-order valence-electron chi connectivity index (χ3n) is 6.47. The van der Waals surface area contributed by atoms with Crippen LogP contribution in [0.25, 0.3) is 0 Å². The predicted octanol–water partition coefficient (Wildman–Crippen LogP) is 4.62. The second kappa shape index (κ2) is 11.6. The van der Waals surface area contributed by atoms with Gasteiger partial charge in [0.2, 0.25) is 0 Å². The number of aliphatic carboxylic acids is 1. The number of halogens is 4. The van der Waals surface area contributed by atoms with Crippen molar-refractivity contribution < 1.29 is 37.1 Å². The van der Waals surface area contributed by atoms with Crippen LogP contribution < -0.4 is 11.1 Å². The number of carboxylic acid groups (broad SMARTS) is 1. The lowest BCUT2D eigenvalue weighted by Crippen LogP contribution is -2.59. The molecule has 1 aliphatic rings. The molecule has 0 bridgehead atoms. The van der Waals surface area contributed by atoms with Crippen LogP contribution in [0.4, 0.5) is 23.2 Å². The molecule has 1 fully saturated rings. The van der Waals surface area contributed by atoms with Crippen molar-refractivity contribution in [3.8, 4) is 0 Å². The van der Waals surface area contributed by atoms with Gasteiger partial charge in [-0.3, -0.25) is 14.5 Å². The minimum atomic E-state index is -4.72. The summed E-state index contributed by atoms with van der Waals surface area (Å²) in [6, 6.07) is 15.2. The zero-order valence-corrected chi connectivity index (χ0v) is 21.5. The number of hydrogen-bond donors (Lipinski definition) is 3. The van der Waals surface area contributed by atoms with Crippen LogP contribution in [0.15, 0.2) is 95.1 Å². The first kappa shape index (κ1) is 29.0. The summed E-state index contributed by atoms with van der Waals surface area (Å²) in [6.45, 7) is 1.57. The van der Waals surface area contributed by atoms with E-state index in [0.29, 0.717) is 11.8 Å². The molecule has 0 aromatic heterocycles. The summed E-state index contributed by atoms with van der Waals surface area (Å²) in [7, 11) is 0. The lowest BCUT2D eigenvalue weighted by molar-refractivity contribution is -0.137. The Bertz CT molecular complexity index is 1540. The third-order valence-corrected chi connectivity index (χ3v) is 6.47. The maximum Gasteiger partial charge on any atom is 0.416 e. The molecule has 3 aromatic carbocycles. The molecule has 1 aliphatic heterocycles. The van der Waals surface area contributed by atoms with E-state index in [4.69, 9.17) is 5.73 Å². The average Bonchev–Trinajstić information content (AvgIpc) is 2.94.